The topological polar surface area (TPSA) is 108 Å². The lowest BCUT2D eigenvalue weighted by Crippen LogP contribution is -2.41. The van der Waals surface area contributed by atoms with Gasteiger partial charge in [-0.3, -0.25) is 9.79 Å². The highest BCUT2D eigenvalue weighted by Crippen LogP contribution is 2.24. The average molecular weight is 545 g/mol. The summed E-state index contributed by atoms with van der Waals surface area (Å²) >= 11 is 1.13. The number of thiophene rings is 1. The monoisotopic (exact) mass is 545 g/mol. The lowest BCUT2D eigenvalue weighted by Gasteiger charge is -2.22. The van der Waals surface area contributed by atoms with E-state index in [4.69, 9.17) is 4.74 Å². The van der Waals surface area contributed by atoms with E-state index < -0.39 is 15.9 Å². The predicted molar refractivity (Wildman–Crippen MR) is 120 cm³/mol. The van der Waals surface area contributed by atoms with Crippen LogP contribution in [0.4, 0.5) is 0 Å². The number of likely N-dealkylation sites (tertiary alicyclic amines) is 1. The molecule has 2 rings (SSSR count). The van der Waals surface area contributed by atoms with Crippen molar-refractivity contribution < 1.29 is 23.1 Å². The summed E-state index contributed by atoms with van der Waals surface area (Å²) in [6.07, 6.45) is -1.11. The predicted octanol–water partition coefficient (Wildman–Crippen LogP) is 1.21. The molecule has 0 amide bonds. The van der Waals surface area contributed by atoms with E-state index in [0.29, 0.717) is 25.6 Å². The molecule has 160 valence electrons. The Morgan fingerprint density at radius 1 is 1.50 bits per heavy atom. The van der Waals surface area contributed by atoms with Gasteiger partial charge < -0.3 is 20.1 Å². The van der Waals surface area contributed by atoms with Gasteiger partial charge in [0, 0.05) is 19.6 Å². The van der Waals surface area contributed by atoms with Crippen molar-refractivity contribution in [2.75, 3.05) is 39.0 Å². The normalized spacial score (nSPS) is 21.1. The van der Waals surface area contributed by atoms with E-state index >= 15 is 0 Å². The standard InChI is InChI=1S/C17H27N3O5S2.HI/c1-4-18-17(20-9-12(2)14(10-20)16(22)25-3)19-8-13(21)11-27(23,24)15-6-5-7-26-15;/h5-7,12-14,21H,4,8-11H2,1-3H3,(H,18,19);1H. The highest BCUT2D eigenvalue weighted by atomic mass is 127. The number of aliphatic hydroxyl groups is 1. The summed E-state index contributed by atoms with van der Waals surface area (Å²) in [7, 11) is -2.15. The van der Waals surface area contributed by atoms with Gasteiger partial charge in [-0.05, 0) is 24.3 Å². The minimum Gasteiger partial charge on any atom is -0.469 e. The molecule has 3 atom stereocenters. The zero-order valence-electron chi connectivity index (χ0n) is 16.2. The van der Waals surface area contributed by atoms with E-state index in [9.17, 15) is 18.3 Å². The van der Waals surface area contributed by atoms with Gasteiger partial charge in [-0.25, -0.2) is 8.42 Å². The molecule has 1 aliphatic rings. The average Bonchev–Trinajstić information content (AvgIpc) is 3.27. The number of nitrogens with one attached hydrogen (secondary N) is 1. The number of aliphatic imine (C=N–C) groups is 1. The first-order chi connectivity index (χ1) is 12.8. The number of carbonyl (C=O) groups excluding carboxylic acids is 1. The largest absolute Gasteiger partial charge is 0.469 e. The van der Waals surface area contributed by atoms with Crippen LogP contribution in [0.2, 0.25) is 0 Å². The van der Waals surface area contributed by atoms with E-state index in [2.05, 4.69) is 10.3 Å². The second kappa shape index (κ2) is 11.3. The summed E-state index contributed by atoms with van der Waals surface area (Å²) in [5, 5.41) is 15.0. The minimum absolute atomic E-state index is 0. The first kappa shape index (κ1) is 25.1. The second-order valence-corrected chi connectivity index (χ2v) is 9.78. The molecular weight excluding hydrogens is 517 g/mol. The Labute approximate surface area is 187 Å². The Kier molecular flexibility index (Phi) is 10.1. The van der Waals surface area contributed by atoms with Crippen LogP contribution < -0.4 is 5.32 Å². The van der Waals surface area contributed by atoms with Gasteiger partial charge in [-0.1, -0.05) is 13.0 Å². The lowest BCUT2D eigenvalue weighted by molar-refractivity contribution is -0.145. The van der Waals surface area contributed by atoms with Crippen LogP contribution in [0.3, 0.4) is 0 Å². The molecule has 0 aromatic carbocycles. The fourth-order valence-corrected chi connectivity index (χ4v) is 5.51. The maximum atomic E-state index is 12.2. The van der Waals surface area contributed by atoms with Crippen molar-refractivity contribution >= 4 is 57.1 Å². The molecule has 28 heavy (non-hydrogen) atoms. The first-order valence-electron chi connectivity index (χ1n) is 8.83. The molecule has 0 spiro atoms. The third-order valence-corrected chi connectivity index (χ3v) is 7.70. The van der Waals surface area contributed by atoms with Gasteiger partial charge in [0.2, 0.25) is 0 Å². The van der Waals surface area contributed by atoms with Crippen molar-refractivity contribution in [1.29, 1.82) is 0 Å². The van der Waals surface area contributed by atoms with Crippen LogP contribution >= 0.6 is 35.3 Å². The number of sulfone groups is 1. The molecule has 1 saturated heterocycles. The summed E-state index contributed by atoms with van der Waals surface area (Å²) in [6.45, 7) is 5.59. The third kappa shape index (κ3) is 6.56. The number of carbonyl (C=O) groups is 1. The number of ether oxygens (including phenoxy) is 1. The summed E-state index contributed by atoms with van der Waals surface area (Å²) in [5.74, 6) is -0.183. The molecule has 0 saturated carbocycles. The Hall–Kier alpha value is -0.920. The number of rotatable bonds is 7. The number of nitrogens with zero attached hydrogens (tertiary/aromatic N) is 2. The van der Waals surface area contributed by atoms with Gasteiger partial charge in [-0.2, -0.15) is 0 Å². The highest BCUT2D eigenvalue weighted by Gasteiger charge is 2.37. The SMILES string of the molecule is CCNC(=NCC(O)CS(=O)(=O)c1cccs1)N1CC(C)C(C(=O)OC)C1.I. The molecule has 0 radical (unpaired) electrons. The van der Waals surface area contributed by atoms with Gasteiger partial charge in [0.25, 0.3) is 0 Å². The van der Waals surface area contributed by atoms with Crippen LogP contribution in [0, 0.1) is 11.8 Å². The van der Waals surface area contributed by atoms with Crippen molar-refractivity contribution in [3.63, 3.8) is 0 Å². The van der Waals surface area contributed by atoms with Gasteiger partial charge in [-0.15, -0.1) is 35.3 Å². The van der Waals surface area contributed by atoms with Crippen molar-refractivity contribution in [3.05, 3.63) is 17.5 Å². The zero-order valence-corrected chi connectivity index (χ0v) is 20.2. The number of halogens is 1. The quantitative estimate of drug-likeness (QED) is 0.230. The number of hydrogen-bond acceptors (Lipinski definition) is 7. The Morgan fingerprint density at radius 2 is 2.21 bits per heavy atom. The Bertz CT molecular complexity index is 755. The smallest absolute Gasteiger partial charge is 0.310 e. The number of aliphatic hydroxyl groups excluding tert-OH is 1. The van der Waals surface area contributed by atoms with Gasteiger partial charge in [0.1, 0.15) is 4.21 Å². The van der Waals surface area contributed by atoms with Crippen molar-refractivity contribution in [1.82, 2.24) is 10.2 Å². The van der Waals surface area contributed by atoms with Crippen molar-refractivity contribution in [3.8, 4) is 0 Å². The van der Waals surface area contributed by atoms with E-state index in [-0.39, 0.29) is 58.3 Å². The van der Waals surface area contributed by atoms with E-state index in [1.54, 1.807) is 11.4 Å². The van der Waals surface area contributed by atoms with E-state index in [0.717, 1.165) is 11.3 Å². The number of hydrogen-bond donors (Lipinski definition) is 2. The summed E-state index contributed by atoms with van der Waals surface area (Å²) < 4.78 is 29.6. The molecule has 1 fully saturated rings. The zero-order chi connectivity index (χ0) is 20.0. The molecule has 0 bridgehead atoms. The summed E-state index contributed by atoms with van der Waals surface area (Å²) in [4.78, 5) is 18.2. The molecule has 2 heterocycles. The Balaban J connectivity index is 0.00000392. The molecule has 1 aromatic heterocycles. The van der Waals surface area contributed by atoms with Crippen LogP contribution in [-0.4, -0.2) is 75.5 Å². The fourth-order valence-electron chi connectivity index (χ4n) is 3.04. The molecule has 3 unspecified atom stereocenters. The number of esters is 1. The van der Waals surface area contributed by atoms with Gasteiger partial charge >= 0.3 is 5.97 Å². The Morgan fingerprint density at radius 3 is 2.79 bits per heavy atom. The van der Waals surface area contributed by atoms with Gasteiger partial charge in [0.05, 0.1) is 31.4 Å². The second-order valence-electron chi connectivity index (χ2n) is 6.57. The fraction of sp³-hybridized carbons (Fsp3) is 0.647. The van der Waals surface area contributed by atoms with Crippen LogP contribution in [0.1, 0.15) is 13.8 Å². The molecule has 1 aromatic rings. The van der Waals surface area contributed by atoms with E-state index in [1.165, 1.54) is 13.2 Å². The van der Waals surface area contributed by atoms with Crippen molar-refractivity contribution in [2.24, 2.45) is 16.8 Å². The van der Waals surface area contributed by atoms with Gasteiger partial charge in [0.15, 0.2) is 15.8 Å². The lowest BCUT2D eigenvalue weighted by atomic mass is 9.99. The molecule has 11 heteroatoms. The van der Waals surface area contributed by atoms with Crippen molar-refractivity contribution in [2.45, 2.75) is 24.2 Å². The number of methoxy groups -OCH3 is 1. The molecule has 0 aliphatic carbocycles. The molecular formula is C17H28IN3O5S2. The van der Waals surface area contributed by atoms with Crippen LogP contribution in [0.25, 0.3) is 0 Å². The highest BCUT2D eigenvalue weighted by molar-refractivity contribution is 14.0. The molecule has 8 nitrogen and oxygen atoms in total. The number of guanidine groups is 1. The summed E-state index contributed by atoms with van der Waals surface area (Å²) in [5.41, 5.74) is 0. The van der Waals surface area contributed by atoms with Crippen LogP contribution in [0.5, 0.6) is 0 Å². The maximum absolute atomic E-state index is 12.2. The molecule has 1 aliphatic heterocycles. The molecule has 2 N–H and O–H groups in total. The third-order valence-electron chi connectivity index (χ3n) is 4.42. The van der Waals surface area contributed by atoms with Crippen LogP contribution in [0.15, 0.2) is 26.7 Å². The van der Waals surface area contributed by atoms with E-state index in [1.807, 2.05) is 18.7 Å². The minimum atomic E-state index is -3.52. The maximum Gasteiger partial charge on any atom is 0.310 e. The summed E-state index contributed by atoms with van der Waals surface area (Å²) in [6, 6.07) is 3.19. The van der Waals surface area contributed by atoms with Crippen LogP contribution in [-0.2, 0) is 19.4 Å². The first-order valence-corrected chi connectivity index (χ1v) is 11.4.